The molecule has 9 heteroatoms. The number of nitrogens with zero attached hydrogens (tertiary/aromatic N) is 2. The number of aromatic nitrogens is 1. The highest BCUT2D eigenvalue weighted by Gasteiger charge is 2.20. The van der Waals surface area contributed by atoms with Crippen molar-refractivity contribution in [3.63, 3.8) is 0 Å². The van der Waals surface area contributed by atoms with Crippen LogP contribution < -0.4 is 16.4 Å². The Morgan fingerprint density at radius 1 is 1.53 bits per heavy atom. The zero-order valence-electron chi connectivity index (χ0n) is 10.3. The first-order chi connectivity index (χ1) is 8.86. The number of hydrogen-bond donors (Lipinski definition) is 3. The fourth-order valence-electron chi connectivity index (χ4n) is 1.27. The van der Waals surface area contributed by atoms with Crippen LogP contribution in [0.4, 0.5) is 11.5 Å². The molecule has 0 saturated carbocycles. The Morgan fingerprint density at radius 3 is 2.63 bits per heavy atom. The van der Waals surface area contributed by atoms with Gasteiger partial charge in [0.1, 0.15) is 18.1 Å². The van der Waals surface area contributed by atoms with E-state index in [2.05, 4.69) is 15.6 Å². The zero-order chi connectivity index (χ0) is 14.6. The average Bonchev–Trinajstić information content (AvgIpc) is 2.37. The molecule has 1 rings (SSSR count). The molecular formula is C10H13N5O4. The lowest BCUT2D eigenvalue weighted by Crippen LogP contribution is -2.42. The third-order valence-electron chi connectivity index (χ3n) is 2.34. The molecule has 1 unspecified atom stereocenters. The number of pyridine rings is 1. The fraction of sp³-hybridized carbons (Fsp3) is 0.300. The lowest BCUT2D eigenvalue weighted by molar-refractivity contribution is -0.385. The van der Waals surface area contributed by atoms with Gasteiger partial charge in [0.15, 0.2) is 0 Å². The smallest absolute Gasteiger partial charge is 0.288 e. The fourth-order valence-corrected chi connectivity index (χ4v) is 1.27. The van der Waals surface area contributed by atoms with Gasteiger partial charge in [0.2, 0.25) is 5.91 Å². The van der Waals surface area contributed by atoms with Crippen molar-refractivity contribution in [2.75, 3.05) is 12.4 Å². The first kappa shape index (κ1) is 14.4. The Hall–Kier alpha value is -2.71. The number of hydrogen-bond acceptors (Lipinski definition) is 6. The summed E-state index contributed by atoms with van der Waals surface area (Å²) in [5.41, 5.74) is 4.66. The minimum Gasteiger partial charge on any atom is -0.372 e. The van der Waals surface area contributed by atoms with Crippen LogP contribution in [-0.2, 0) is 4.79 Å². The molecule has 1 aromatic rings. The van der Waals surface area contributed by atoms with E-state index in [0.29, 0.717) is 0 Å². The third-order valence-corrected chi connectivity index (χ3v) is 2.34. The second kappa shape index (κ2) is 5.76. The SMILES string of the molecule is CNc1ncc([N+](=O)[O-])cc1C(=O)NC(C)C(N)=O. The van der Waals surface area contributed by atoms with Crippen molar-refractivity contribution < 1.29 is 14.5 Å². The van der Waals surface area contributed by atoms with Crippen LogP contribution in [0.1, 0.15) is 17.3 Å². The van der Waals surface area contributed by atoms with Crippen molar-refractivity contribution in [2.24, 2.45) is 5.73 Å². The van der Waals surface area contributed by atoms with E-state index >= 15 is 0 Å². The molecule has 0 aromatic carbocycles. The number of rotatable bonds is 5. The molecular weight excluding hydrogens is 254 g/mol. The Labute approximate surface area is 108 Å². The van der Waals surface area contributed by atoms with Gasteiger partial charge in [-0.25, -0.2) is 4.98 Å². The number of carbonyl (C=O) groups excluding carboxylic acids is 2. The number of nitro groups is 1. The number of nitrogens with two attached hydrogens (primary N) is 1. The van der Waals surface area contributed by atoms with E-state index in [0.717, 1.165) is 12.3 Å². The molecule has 9 nitrogen and oxygen atoms in total. The third kappa shape index (κ3) is 3.37. The van der Waals surface area contributed by atoms with Crippen molar-refractivity contribution in [2.45, 2.75) is 13.0 Å². The highest BCUT2D eigenvalue weighted by molar-refractivity contribution is 6.01. The Kier molecular flexibility index (Phi) is 4.35. The standard InChI is InChI=1S/C10H13N5O4/c1-5(8(11)16)14-10(17)7-3-6(15(18)19)4-13-9(7)12-2/h3-5H,1-2H3,(H2,11,16)(H,12,13)(H,14,17). The predicted molar refractivity (Wildman–Crippen MR) is 66.6 cm³/mol. The Balaban J connectivity index is 3.09. The lowest BCUT2D eigenvalue weighted by Gasteiger charge is -2.12. The highest BCUT2D eigenvalue weighted by atomic mass is 16.6. The molecule has 0 aliphatic rings. The molecule has 0 fully saturated rings. The van der Waals surface area contributed by atoms with E-state index in [1.54, 1.807) is 0 Å². The molecule has 0 saturated heterocycles. The summed E-state index contributed by atoms with van der Waals surface area (Å²) in [6.07, 6.45) is 1.03. The maximum atomic E-state index is 11.9. The molecule has 0 radical (unpaired) electrons. The molecule has 2 amide bonds. The van der Waals surface area contributed by atoms with Gasteiger partial charge in [-0.2, -0.15) is 0 Å². The van der Waals surface area contributed by atoms with Gasteiger partial charge in [0.25, 0.3) is 11.6 Å². The highest BCUT2D eigenvalue weighted by Crippen LogP contribution is 2.18. The molecule has 102 valence electrons. The predicted octanol–water partition coefficient (Wildman–Crippen LogP) is -0.365. The molecule has 0 bridgehead atoms. The molecule has 0 spiro atoms. The minimum atomic E-state index is -0.892. The summed E-state index contributed by atoms with van der Waals surface area (Å²) in [5.74, 6) is -1.22. The molecule has 1 atom stereocenters. The summed E-state index contributed by atoms with van der Waals surface area (Å²) in [5, 5.41) is 15.6. The monoisotopic (exact) mass is 267 g/mol. The van der Waals surface area contributed by atoms with Gasteiger partial charge < -0.3 is 16.4 Å². The molecule has 0 aliphatic carbocycles. The van der Waals surface area contributed by atoms with Crippen LogP contribution in [0.5, 0.6) is 0 Å². The van der Waals surface area contributed by atoms with E-state index in [1.807, 2.05) is 0 Å². The van der Waals surface area contributed by atoms with Crippen LogP contribution in [0.3, 0.4) is 0 Å². The van der Waals surface area contributed by atoms with Gasteiger partial charge in [0, 0.05) is 13.1 Å². The summed E-state index contributed by atoms with van der Waals surface area (Å²) in [7, 11) is 1.52. The van der Waals surface area contributed by atoms with E-state index in [-0.39, 0.29) is 17.1 Å². The van der Waals surface area contributed by atoms with Gasteiger partial charge in [-0.05, 0) is 6.92 Å². The van der Waals surface area contributed by atoms with Crippen molar-refractivity contribution in [1.29, 1.82) is 0 Å². The van der Waals surface area contributed by atoms with Gasteiger partial charge in [0.05, 0.1) is 10.5 Å². The van der Waals surface area contributed by atoms with Crippen molar-refractivity contribution in [3.05, 3.63) is 27.9 Å². The second-order valence-electron chi connectivity index (χ2n) is 3.69. The summed E-state index contributed by atoms with van der Waals surface area (Å²) in [6, 6.07) is 0.179. The minimum absolute atomic E-state index is 0.0372. The van der Waals surface area contributed by atoms with Crippen molar-refractivity contribution >= 4 is 23.3 Å². The maximum absolute atomic E-state index is 11.9. The van der Waals surface area contributed by atoms with Crippen LogP contribution in [0, 0.1) is 10.1 Å². The van der Waals surface area contributed by atoms with Crippen LogP contribution in [0.15, 0.2) is 12.3 Å². The Bertz CT molecular complexity index is 531. The largest absolute Gasteiger partial charge is 0.372 e. The van der Waals surface area contributed by atoms with Crippen molar-refractivity contribution in [3.8, 4) is 0 Å². The number of nitrogens with one attached hydrogen (secondary N) is 2. The number of anilines is 1. The molecule has 4 N–H and O–H groups in total. The van der Waals surface area contributed by atoms with Gasteiger partial charge >= 0.3 is 0 Å². The van der Waals surface area contributed by atoms with E-state index in [4.69, 9.17) is 5.73 Å². The van der Waals surface area contributed by atoms with Crippen LogP contribution in [-0.4, -0.2) is 34.8 Å². The lowest BCUT2D eigenvalue weighted by atomic mass is 10.2. The van der Waals surface area contributed by atoms with Gasteiger partial charge in [-0.15, -0.1) is 0 Å². The normalized spacial score (nSPS) is 11.5. The average molecular weight is 267 g/mol. The van der Waals surface area contributed by atoms with Crippen LogP contribution >= 0.6 is 0 Å². The molecule has 0 aliphatic heterocycles. The topological polar surface area (TPSA) is 140 Å². The first-order valence-electron chi connectivity index (χ1n) is 5.29. The molecule has 19 heavy (non-hydrogen) atoms. The summed E-state index contributed by atoms with van der Waals surface area (Å²) >= 11 is 0. The van der Waals surface area contributed by atoms with Gasteiger partial charge in [-0.3, -0.25) is 19.7 Å². The molecule has 1 heterocycles. The quantitative estimate of drug-likeness (QED) is 0.491. The number of amides is 2. The summed E-state index contributed by atoms with van der Waals surface area (Å²) in [6.45, 7) is 1.41. The summed E-state index contributed by atoms with van der Waals surface area (Å²) < 4.78 is 0. The van der Waals surface area contributed by atoms with E-state index in [1.165, 1.54) is 14.0 Å². The molecule has 1 aromatic heterocycles. The van der Waals surface area contributed by atoms with E-state index < -0.39 is 22.8 Å². The Morgan fingerprint density at radius 2 is 2.16 bits per heavy atom. The number of carbonyl (C=O) groups is 2. The van der Waals surface area contributed by atoms with Crippen LogP contribution in [0.2, 0.25) is 0 Å². The number of primary amides is 1. The maximum Gasteiger partial charge on any atom is 0.288 e. The van der Waals surface area contributed by atoms with Gasteiger partial charge in [-0.1, -0.05) is 0 Å². The van der Waals surface area contributed by atoms with Crippen LogP contribution in [0.25, 0.3) is 0 Å². The first-order valence-corrected chi connectivity index (χ1v) is 5.29. The van der Waals surface area contributed by atoms with E-state index in [9.17, 15) is 19.7 Å². The summed E-state index contributed by atoms with van der Waals surface area (Å²) in [4.78, 5) is 36.5. The van der Waals surface area contributed by atoms with Crippen molar-refractivity contribution in [1.82, 2.24) is 10.3 Å². The zero-order valence-corrected chi connectivity index (χ0v) is 10.3. The second-order valence-corrected chi connectivity index (χ2v) is 3.69.